The van der Waals surface area contributed by atoms with Crippen LogP contribution in [0.1, 0.15) is 31.2 Å². The minimum absolute atomic E-state index is 0.165. The van der Waals surface area contributed by atoms with Gasteiger partial charge in [0.15, 0.2) is 0 Å². The lowest BCUT2D eigenvalue weighted by atomic mass is 9.81. The van der Waals surface area contributed by atoms with Crippen molar-refractivity contribution >= 4 is 11.9 Å². The molecule has 27 heavy (non-hydrogen) atoms. The maximum Gasteiger partial charge on any atom is 0.306 e. The van der Waals surface area contributed by atoms with Crippen molar-refractivity contribution in [3.8, 4) is 11.6 Å². The van der Waals surface area contributed by atoms with Gasteiger partial charge >= 0.3 is 5.97 Å². The number of carboxylic acids is 1. The third-order valence-corrected chi connectivity index (χ3v) is 4.71. The largest absolute Gasteiger partial charge is 0.481 e. The normalized spacial score (nSPS) is 19.3. The number of ether oxygens (including phenoxy) is 1. The van der Waals surface area contributed by atoms with Crippen molar-refractivity contribution in [3.05, 3.63) is 54.0 Å². The lowest BCUT2D eigenvalue weighted by molar-refractivity contribution is -0.144. The molecule has 1 aromatic heterocycles. The summed E-state index contributed by atoms with van der Waals surface area (Å²) in [5, 5.41) is 12.0. The van der Waals surface area contributed by atoms with E-state index < -0.39 is 17.7 Å². The number of rotatable bonds is 6. The van der Waals surface area contributed by atoms with Gasteiger partial charge < -0.3 is 15.2 Å². The summed E-state index contributed by atoms with van der Waals surface area (Å²) in [6.45, 7) is 0.200. The summed E-state index contributed by atoms with van der Waals surface area (Å²) in [6, 6.07) is 9.22. The third-order valence-electron chi connectivity index (χ3n) is 4.71. The van der Waals surface area contributed by atoms with Gasteiger partial charge in [-0.1, -0.05) is 18.6 Å². The Morgan fingerprint density at radius 1 is 1.22 bits per heavy atom. The molecule has 0 saturated heterocycles. The molecule has 142 valence electrons. The summed E-state index contributed by atoms with van der Waals surface area (Å²) < 4.78 is 19.0. The van der Waals surface area contributed by atoms with E-state index in [1.807, 2.05) is 0 Å². The molecule has 0 bridgehead atoms. The van der Waals surface area contributed by atoms with Crippen LogP contribution >= 0.6 is 0 Å². The molecule has 2 atom stereocenters. The lowest BCUT2D eigenvalue weighted by Gasteiger charge is -2.25. The zero-order chi connectivity index (χ0) is 19.2. The van der Waals surface area contributed by atoms with Crippen molar-refractivity contribution in [1.29, 1.82) is 0 Å². The number of carbonyl (C=O) groups excluding carboxylic acids is 1. The summed E-state index contributed by atoms with van der Waals surface area (Å²) in [5.74, 6) is -1.58. The van der Waals surface area contributed by atoms with Crippen LogP contribution in [0.25, 0.3) is 0 Å². The Bertz CT molecular complexity index is 827. The first kappa shape index (κ1) is 18.8. The Kier molecular flexibility index (Phi) is 6.01. The number of hydrogen-bond donors (Lipinski definition) is 2. The van der Waals surface area contributed by atoms with Gasteiger partial charge in [0.1, 0.15) is 11.6 Å². The molecule has 2 unspecified atom stereocenters. The van der Waals surface area contributed by atoms with Gasteiger partial charge in [-0.3, -0.25) is 9.59 Å². The average Bonchev–Trinajstić information content (AvgIpc) is 2.67. The maximum absolute atomic E-state index is 13.3. The molecule has 1 aromatic carbocycles. The summed E-state index contributed by atoms with van der Waals surface area (Å²) in [6.07, 6.45) is 3.96. The first-order valence-electron chi connectivity index (χ1n) is 8.91. The predicted octanol–water partition coefficient (Wildman–Crippen LogP) is 3.52. The number of benzene rings is 1. The first-order chi connectivity index (χ1) is 13.0. The van der Waals surface area contributed by atoms with Crippen molar-refractivity contribution in [2.75, 3.05) is 0 Å². The smallest absolute Gasteiger partial charge is 0.306 e. The summed E-state index contributed by atoms with van der Waals surface area (Å²) >= 11 is 0. The Morgan fingerprint density at radius 3 is 2.81 bits per heavy atom. The number of carboxylic acid groups (broad SMARTS) is 1. The first-order valence-corrected chi connectivity index (χ1v) is 8.91. The fraction of sp³-hybridized carbons (Fsp3) is 0.350. The lowest BCUT2D eigenvalue weighted by Crippen LogP contribution is -2.35. The van der Waals surface area contributed by atoms with Crippen LogP contribution in [0.4, 0.5) is 4.39 Å². The van der Waals surface area contributed by atoms with Crippen LogP contribution in [0.15, 0.2) is 42.6 Å². The topological polar surface area (TPSA) is 88.5 Å². The van der Waals surface area contributed by atoms with Crippen LogP contribution in [-0.2, 0) is 16.1 Å². The number of pyridine rings is 1. The zero-order valence-electron chi connectivity index (χ0n) is 14.7. The Labute approximate surface area is 156 Å². The number of amides is 1. The zero-order valence-corrected chi connectivity index (χ0v) is 14.7. The molecule has 1 amide bonds. The van der Waals surface area contributed by atoms with Crippen molar-refractivity contribution in [2.24, 2.45) is 11.8 Å². The number of nitrogens with one attached hydrogen (secondary N) is 1. The molecular weight excluding hydrogens is 351 g/mol. The second-order valence-electron chi connectivity index (χ2n) is 6.64. The van der Waals surface area contributed by atoms with Crippen LogP contribution in [0.5, 0.6) is 11.6 Å². The fourth-order valence-electron chi connectivity index (χ4n) is 3.27. The molecule has 7 heteroatoms. The predicted molar refractivity (Wildman–Crippen MR) is 95.6 cm³/mol. The van der Waals surface area contributed by atoms with Crippen LogP contribution in [0.3, 0.4) is 0 Å². The van der Waals surface area contributed by atoms with Crippen molar-refractivity contribution < 1.29 is 23.8 Å². The number of hydrogen-bond acceptors (Lipinski definition) is 4. The maximum atomic E-state index is 13.3. The summed E-state index contributed by atoms with van der Waals surface area (Å²) in [7, 11) is 0. The Balaban J connectivity index is 1.62. The molecule has 0 radical (unpaired) electrons. The van der Waals surface area contributed by atoms with Gasteiger partial charge in [-0.25, -0.2) is 9.37 Å². The number of nitrogens with zero attached hydrogens (tertiary/aromatic N) is 1. The van der Waals surface area contributed by atoms with E-state index in [4.69, 9.17) is 9.84 Å². The molecule has 3 rings (SSSR count). The van der Waals surface area contributed by atoms with E-state index in [0.29, 0.717) is 30.6 Å². The fourth-order valence-corrected chi connectivity index (χ4v) is 3.27. The monoisotopic (exact) mass is 372 g/mol. The average molecular weight is 372 g/mol. The minimum atomic E-state index is -0.842. The van der Waals surface area contributed by atoms with Crippen LogP contribution in [0, 0.1) is 17.7 Å². The van der Waals surface area contributed by atoms with Crippen LogP contribution in [-0.4, -0.2) is 22.0 Å². The highest BCUT2D eigenvalue weighted by Crippen LogP contribution is 2.29. The molecule has 0 aliphatic heterocycles. The number of carbonyl (C=O) groups is 2. The van der Waals surface area contributed by atoms with Crippen LogP contribution < -0.4 is 10.1 Å². The quantitative estimate of drug-likeness (QED) is 0.810. The van der Waals surface area contributed by atoms with Crippen molar-refractivity contribution in [3.63, 3.8) is 0 Å². The molecule has 2 aromatic rings. The second-order valence-corrected chi connectivity index (χ2v) is 6.64. The van der Waals surface area contributed by atoms with E-state index in [0.717, 1.165) is 6.42 Å². The SMILES string of the molecule is O=C(O)C1CCCC(C(=O)NCc2cccnc2Oc2cccc(F)c2)C1. The van der Waals surface area contributed by atoms with Gasteiger partial charge in [0, 0.05) is 30.3 Å². The minimum Gasteiger partial charge on any atom is -0.481 e. The molecule has 0 spiro atoms. The molecular formula is C20H21FN2O4. The molecule has 2 N–H and O–H groups in total. The Hall–Kier alpha value is -2.96. The highest BCUT2D eigenvalue weighted by Gasteiger charge is 2.30. The van der Waals surface area contributed by atoms with Gasteiger partial charge in [-0.2, -0.15) is 0 Å². The highest BCUT2D eigenvalue weighted by atomic mass is 19.1. The van der Waals surface area contributed by atoms with E-state index in [2.05, 4.69) is 10.3 Å². The third kappa shape index (κ3) is 5.03. The Morgan fingerprint density at radius 2 is 2.04 bits per heavy atom. The van der Waals surface area contributed by atoms with Gasteiger partial charge in [0.25, 0.3) is 0 Å². The van der Waals surface area contributed by atoms with E-state index in [-0.39, 0.29) is 24.2 Å². The van der Waals surface area contributed by atoms with Crippen molar-refractivity contribution in [1.82, 2.24) is 10.3 Å². The van der Waals surface area contributed by atoms with Gasteiger partial charge in [-0.15, -0.1) is 0 Å². The molecule has 1 fully saturated rings. The number of halogens is 1. The number of aromatic nitrogens is 1. The van der Waals surface area contributed by atoms with Crippen molar-refractivity contribution in [2.45, 2.75) is 32.2 Å². The van der Waals surface area contributed by atoms with E-state index in [1.54, 1.807) is 24.4 Å². The number of aliphatic carboxylic acids is 1. The summed E-state index contributed by atoms with van der Waals surface area (Å²) in [5.41, 5.74) is 0.653. The second kappa shape index (κ2) is 8.62. The standard InChI is InChI=1S/C20H21FN2O4/c21-16-7-2-8-17(11-16)27-19-15(6-3-9-22-19)12-23-18(24)13-4-1-5-14(10-13)20(25)26/h2-3,6-9,11,13-14H,1,4-5,10,12H2,(H,23,24)(H,25,26). The molecule has 1 aliphatic rings. The van der Waals surface area contributed by atoms with Gasteiger partial charge in [-0.05, 0) is 37.5 Å². The van der Waals surface area contributed by atoms with E-state index in [1.165, 1.54) is 18.2 Å². The molecule has 1 saturated carbocycles. The molecule has 6 nitrogen and oxygen atoms in total. The van der Waals surface area contributed by atoms with E-state index >= 15 is 0 Å². The van der Waals surface area contributed by atoms with E-state index in [9.17, 15) is 14.0 Å². The molecule has 1 aliphatic carbocycles. The highest BCUT2D eigenvalue weighted by molar-refractivity contribution is 5.80. The summed E-state index contributed by atoms with van der Waals surface area (Å²) in [4.78, 5) is 27.8. The van der Waals surface area contributed by atoms with Crippen LogP contribution in [0.2, 0.25) is 0 Å². The van der Waals surface area contributed by atoms with Gasteiger partial charge in [0.2, 0.25) is 11.8 Å². The van der Waals surface area contributed by atoms with Gasteiger partial charge in [0.05, 0.1) is 5.92 Å². The molecule has 1 heterocycles.